The van der Waals surface area contributed by atoms with Crippen LogP contribution in [0.2, 0.25) is 0 Å². The van der Waals surface area contributed by atoms with E-state index < -0.39 is 33.4 Å². The second-order valence-electron chi connectivity index (χ2n) is 5.92. The molecule has 0 spiro atoms. The highest BCUT2D eigenvalue weighted by Gasteiger charge is 2.35. The first-order valence-corrected chi connectivity index (χ1v) is 9.82. The average Bonchev–Trinajstić information content (AvgIpc) is 2.70. The van der Waals surface area contributed by atoms with Crippen LogP contribution in [0.15, 0.2) is 59.5 Å². The molecule has 2 aromatic rings. The number of nitro groups is 1. The molecular weight excluding hydrogens is 398 g/mol. The minimum Gasteiger partial charge on any atom is -0.375 e. The van der Waals surface area contributed by atoms with Gasteiger partial charge in [-0.1, -0.05) is 36.3 Å². The Labute approximate surface area is 168 Å². The largest absolute Gasteiger partial charge is 0.375 e. The van der Waals surface area contributed by atoms with Crippen molar-refractivity contribution in [1.82, 2.24) is 4.31 Å². The van der Waals surface area contributed by atoms with Gasteiger partial charge in [0.1, 0.15) is 6.04 Å². The Hall–Kier alpha value is -3.26. The van der Waals surface area contributed by atoms with Gasteiger partial charge in [0.05, 0.1) is 29.6 Å². The fourth-order valence-electron chi connectivity index (χ4n) is 2.50. The number of hydrogen-bond acceptors (Lipinski definition) is 6. The van der Waals surface area contributed by atoms with E-state index in [2.05, 4.69) is 5.92 Å². The summed E-state index contributed by atoms with van der Waals surface area (Å²) in [7, 11) is -4.26. The van der Waals surface area contributed by atoms with E-state index in [0.717, 1.165) is 34.1 Å². The van der Waals surface area contributed by atoms with Crippen LogP contribution in [0.3, 0.4) is 0 Å². The highest BCUT2D eigenvalue weighted by molar-refractivity contribution is 7.89. The molecule has 152 valence electrons. The topological polar surface area (TPSA) is 133 Å². The van der Waals surface area contributed by atoms with Crippen LogP contribution in [-0.4, -0.2) is 42.7 Å². The van der Waals surface area contributed by atoms with E-state index in [-0.39, 0.29) is 23.8 Å². The molecule has 0 aromatic heterocycles. The highest BCUT2D eigenvalue weighted by atomic mass is 32.2. The van der Waals surface area contributed by atoms with Gasteiger partial charge in [-0.3, -0.25) is 14.9 Å². The zero-order chi connectivity index (χ0) is 21.4. The van der Waals surface area contributed by atoms with Gasteiger partial charge in [0.2, 0.25) is 15.9 Å². The Bertz CT molecular complexity index is 1000. The summed E-state index contributed by atoms with van der Waals surface area (Å²) in [5.41, 5.74) is 5.96. The molecule has 0 radical (unpaired) electrons. The van der Waals surface area contributed by atoms with Gasteiger partial charge in [-0.15, -0.1) is 6.42 Å². The molecule has 10 heteroatoms. The summed E-state index contributed by atoms with van der Waals surface area (Å²) in [6.07, 6.45) is 5.29. The van der Waals surface area contributed by atoms with Gasteiger partial charge < -0.3 is 10.5 Å². The van der Waals surface area contributed by atoms with Crippen molar-refractivity contribution < 1.29 is 22.9 Å². The third-order valence-electron chi connectivity index (χ3n) is 3.96. The molecule has 1 amide bonds. The summed E-state index contributed by atoms with van der Waals surface area (Å²) in [5, 5.41) is 10.8. The molecule has 1 atom stereocenters. The maximum Gasteiger partial charge on any atom is 0.269 e. The van der Waals surface area contributed by atoms with Gasteiger partial charge in [-0.05, 0) is 17.7 Å². The zero-order valence-electron chi connectivity index (χ0n) is 15.3. The molecule has 0 aliphatic rings. The lowest BCUT2D eigenvalue weighted by molar-refractivity contribution is -0.384. The van der Waals surface area contributed by atoms with E-state index in [1.54, 1.807) is 0 Å². The van der Waals surface area contributed by atoms with Crippen LogP contribution in [0.5, 0.6) is 0 Å². The van der Waals surface area contributed by atoms with Crippen LogP contribution in [0.25, 0.3) is 0 Å². The van der Waals surface area contributed by atoms with Gasteiger partial charge in [0.25, 0.3) is 5.69 Å². The maximum absolute atomic E-state index is 13.0. The van der Waals surface area contributed by atoms with E-state index in [1.807, 2.05) is 30.3 Å². The van der Waals surface area contributed by atoms with Crippen LogP contribution >= 0.6 is 0 Å². The normalized spacial score (nSPS) is 12.3. The molecule has 0 heterocycles. The lowest BCUT2D eigenvalue weighted by atomic mass is 10.2. The average molecular weight is 417 g/mol. The summed E-state index contributed by atoms with van der Waals surface area (Å²) in [4.78, 5) is 21.8. The van der Waals surface area contributed by atoms with Gasteiger partial charge in [-0.25, -0.2) is 8.42 Å². The van der Waals surface area contributed by atoms with Crippen molar-refractivity contribution in [2.24, 2.45) is 5.73 Å². The molecule has 0 aliphatic heterocycles. The van der Waals surface area contributed by atoms with Gasteiger partial charge in [0.15, 0.2) is 0 Å². The van der Waals surface area contributed by atoms with Crippen LogP contribution in [-0.2, 0) is 26.2 Å². The van der Waals surface area contributed by atoms with Gasteiger partial charge in [-0.2, -0.15) is 4.31 Å². The number of rotatable bonds is 10. The Kier molecular flexibility index (Phi) is 7.44. The molecule has 29 heavy (non-hydrogen) atoms. The smallest absolute Gasteiger partial charge is 0.269 e. The van der Waals surface area contributed by atoms with Crippen molar-refractivity contribution in [1.29, 1.82) is 0 Å². The second kappa shape index (κ2) is 9.79. The highest BCUT2D eigenvalue weighted by Crippen LogP contribution is 2.21. The van der Waals surface area contributed by atoms with E-state index in [0.29, 0.717) is 0 Å². The number of terminal acetylenes is 1. The Morgan fingerprint density at radius 1 is 1.21 bits per heavy atom. The zero-order valence-corrected chi connectivity index (χ0v) is 16.1. The number of non-ortho nitro benzene ring substituents is 1. The second-order valence-corrected chi connectivity index (χ2v) is 7.81. The monoisotopic (exact) mass is 417 g/mol. The fourth-order valence-corrected chi connectivity index (χ4v) is 3.99. The molecule has 2 aromatic carbocycles. The summed E-state index contributed by atoms with van der Waals surface area (Å²) in [5.74, 6) is 1.26. The van der Waals surface area contributed by atoms with Crippen molar-refractivity contribution in [3.63, 3.8) is 0 Å². The summed E-state index contributed by atoms with van der Waals surface area (Å²) in [6, 6.07) is 12.0. The molecule has 0 aliphatic carbocycles. The number of nitrogens with zero attached hydrogens (tertiary/aromatic N) is 2. The first-order chi connectivity index (χ1) is 13.8. The van der Waals surface area contributed by atoms with E-state index in [9.17, 15) is 23.3 Å². The minimum atomic E-state index is -4.26. The SMILES string of the molecule is C#CCN([C@@H](COCc1ccccc1)C(N)=O)S(=O)(=O)c1ccc([N+](=O)[O-])cc1. The summed E-state index contributed by atoms with van der Waals surface area (Å²) < 4.78 is 32.2. The number of carbonyl (C=O) groups is 1. The molecule has 2 rings (SSSR count). The molecule has 0 saturated carbocycles. The van der Waals surface area contributed by atoms with E-state index >= 15 is 0 Å². The third-order valence-corrected chi connectivity index (χ3v) is 5.83. The Morgan fingerprint density at radius 2 is 1.83 bits per heavy atom. The molecule has 0 unspecified atom stereocenters. The third kappa shape index (κ3) is 5.61. The molecule has 9 nitrogen and oxygen atoms in total. The number of nitrogens with two attached hydrogens (primary N) is 1. The van der Waals surface area contributed by atoms with Crippen LogP contribution < -0.4 is 5.73 Å². The number of primary amides is 1. The number of hydrogen-bond donors (Lipinski definition) is 1. The molecular formula is C19H19N3O6S. The summed E-state index contributed by atoms with van der Waals surface area (Å²) in [6.45, 7) is -0.591. The molecule has 2 N–H and O–H groups in total. The van der Waals surface area contributed by atoms with Crippen LogP contribution in [0.4, 0.5) is 5.69 Å². The minimum absolute atomic E-state index is 0.145. The Balaban J connectivity index is 2.25. The Morgan fingerprint density at radius 3 is 2.34 bits per heavy atom. The number of carbonyl (C=O) groups excluding carboxylic acids is 1. The van der Waals surface area contributed by atoms with Gasteiger partial charge in [0, 0.05) is 12.1 Å². The van der Waals surface area contributed by atoms with Crippen LogP contribution in [0, 0.1) is 22.5 Å². The standard InChI is InChI=1S/C19H19N3O6S/c1-2-12-21(29(26,27)17-10-8-16(9-11-17)22(24)25)18(19(20)23)14-28-13-15-6-4-3-5-7-15/h1,3-11,18H,12-14H2,(H2,20,23)/t18-/m0/s1. The van der Waals surface area contributed by atoms with Crippen molar-refractivity contribution in [2.75, 3.05) is 13.2 Å². The fraction of sp³-hybridized carbons (Fsp3) is 0.211. The lowest BCUT2D eigenvalue weighted by Crippen LogP contribution is -2.50. The van der Waals surface area contributed by atoms with Crippen molar-refractivity contribution in [3.8, 4) is 12.3 Å². The van der Waals surface area contributed by atoms with Gasteiger partial charge >= 0.3 is 0 Å². The predicted molar refractivity (Wildman–Crippen MR) is 105 cm³/mol. The molecule has 0 bridgehead atoms. The van der Waals surface area contributed by atoms with Crippen molar-refractivity contribution in [2.45, 2.75) is 17.5 Å². The number of ether oxygens (including phenoxy) is 1. The van der Waals surface area contributed by atoms with E-state index in [4.69, 9.17) is 16.9 Å². The number of sulfonamides is 1. The van der Waals surface area contributed by atoms with Crippen molar-refractivity contribution in [3.05, 3.63) is 70.3 Å². The first-order valence-electron chi connectivity index (χ1n) is 8.38. The summed E-state index contributed by atoms with van der Waals surface area (Å²) >= 11 is 0. The molecule has 0 saturated heterocycles. The lowest BCUT2D eigenvalue weighted by Gasteiger charge is -2.27. The van der Waals surface area contributed by atoms with E-state index in [1.165, 1.54) is 0 Å². The van der Waals surface area contributed by atoms with Crippen molar-refractivity contribution >= 4 is 21.6 Å². The number of benzene rings is 2. The number of amides is 1. The first kappa shape index (κ1) is 22.0. The quantitative estimate of drug-likeness (QED) is 0.352. The maximum atomic E-state index is 13.0. The molecule has 0 fully saturated rings. The van der Waals surface area contributed by atoms with Crippen LogP contribution in [0.1, 0.15) is 5.56 Å². The predicted octanol–water partition coefficient (Wildman–Crippen LogP) is 1.29. The number of nitro benzene ring substituents is 1.